The first-order chi connectivity index (χ1) is 8.30. The highest BCUT2D eigenvalue weighted by atomic mass is 79.9. The molecule has 0 fully saturated rings. The van der Waals surface area contributed by atoms with Crippen LogP contribution in [0, 0.1) is 0 Å². The highest BCUT2D eigenvalue weighted by molar-refractivity contribution is 9.10. The number of rotatable bonds is 4. The number of benzene rings is 1. The molecule has 1 aromatic rings. The van der Waals surface area contributed by atoms with Gasteiger partial charge in [0.05, 0.1) is 7.11 Å². The summed E-state index contributed by atoms with van der Waals surface area (Å²) in [5.41, 5.74) is -3.66. The molecule has 0 aromatic heterocycles. The second-order valence-corrected chi connectivity index (χ2v) is 5.47. The number of aryl methyl sites for hydroxylation is 1. The second-order valence-electron chi connectivity index (χ2n) is 3.42. The Morgan fingerprint density at radius 1 is 1.39 bits per heavy atom. The average molecular weight is 343 g/mol. The summed E-state index contributed by atoms with van der Waals surface area (Å²) in [6, 6.07) is 4.50. The molecule has 1 aromatic carbocycles. The maximum atomic E-state index is 12.2. The van der Waals surface area contributed by atoms with Crippen LogP contribution < -0.4 is 0 Å². The minimum absolute atomic E-state index is 0.0942. The zero-order valence-electron chi connectivity index (χ0n) is 9.38. The standard InChI is InChI=1S/C11H10BrF3O2S/c1-17-10(16)3-2-7-4-8(12)6-9(5-7)18-11(13,14)15/h4-6H,2-3H2,1H3. The summed E-state index contributed by atoms with van der Waals surface area (Å²) in [5, 5.41) is 0. The number of carbonyl (C=O) groups excluding carboxylic acids is 1. The Hall–Kier alpha value is -0.690. The average Bonchev–Trinajstić information content (AvgIpc) is 2.22. The van der Waals surface area contributed by atoms with Gasteiger partial charge < -0.3 is 4.74 Å². The third kappa shape index (κ3) is 5.77. The maximum Gasteiger partial charge on any atom is 0.446 e. The van der Waals surface area contributed by atoms with Crippen molar-refractivity contribution < 1.29 is 22.7 Å². The van der Waals surface area contributed by atoms with Crippen LogP contribution >= 0.6 is 27.7 Å². The van der Waals surface area contributed by atoms with Gasteiger partial charge in [-0.15, -0.1) is 0 Å². The molecule has 100 valence electrons. The van der Waals surface area contributed by atoms with Crippen molar-refractivity contribution in [2.75, 3.05) is 7.11 Å². The molecule has 0 heterocycles. The zero-order valence-corrected chi connectivity index (χ0v) is 11.8. The molecule has 0 aliphatic rings. The minimum atomic E-state index is -4.32. The molecule has 1 rings (SSSR count). The van der Waals surface area contributed by atoms with E-state index in [0.29, 0.717) is 16.5 Å². The number of ether oxygens (including phenoxy) is 1. The largest absolute Gasteiger partial charge is 0.469 e. The molecular weight excluding hydrogens is 333 g/mol. The van der Waals surface area contributed by atoms with Gasteiger partial charge >= 0.3 is 11.5 Å². The molecule has 0 amide bonds. The van der Waals surface area contributed by atoms with E-state index in [9.17, 15) is 18.0 Å². The van der Waals surface area contributed by atoms with Crippen LogP contribution in [0.2, 0.25) is 0 Å². The molecule has 0 saturated carbocycles. The predicted molar refractivity (Wildman–Crippen MR) is 66.4 cm³/mol. The van der Waals surface area contributed by atoms with Crippen molar-refractivity contribution in [3.05, 3.63) is 28.2 Å². The van der Waals surface area contributed by atoms with Crippen molar-refractivity contribution in [2.45, 2.75) is 23.2 Å². The van der Waals surface area contributed by atoms with Crippen LogP contribution in [-0.2, 0) is 16.0 Å². The lowest BCUT2D eigenvalue weighted by atomic mass is 10.1. The third-order valence-corrected chi connectivity index (χ3v) is 3.17. The molecule has 0 spiro atoms. The van der Waals surface area contributed by atoms with Crippen molar-refractivity contribution in [2.24, 2.45) is 0 Å². The van der Waals surface area contributed by atoms with Crippen LogP contribution in [0.3, 0.4) is 0 Å². The molecule has 7 heteroatoms. The van der Waals surface area contributed by atoms with E-state index in [1.807, 2.05) is 0 Å². The summed E-state index contributed by atoms with van der Waals surface area (Å²) in [5.74, 6) is -0.389. The Labute approximate surface area is 115 Å². The molecule has 0 saturated heterocycles. The van der Waals surface area contributed by atoms with Gasteiger partial charge in [0.15, 0.2) is 0 Å². The molecule has 0 aliphatic heterocycles. The van der Waals surface area contributed by atoms with Crippen molar-refractivity contribution in [1.29, 1.82) is 0 Å². The van der Waals surface area contributed by atoms with E-state index in [1.54, 1.807) is 6.07 Å². The van der Waals surface area contributed by atoms with E-state index in [1.165, 1.54) is 19.2 Å². The van der Waals surface area contributed by atoms with Gasteiger partial charge in [-0.2, -0.15) is 13.2 Å². The van der Waals surface area contributed by atoms with Crippen LogP contribution in [0.4, 0.5) is 13.2 Å². The number of alkyl halides is 3. The summed E-state index contributed by atoms with van der Waals surface area (Å²) in [4.78, 5) is 11.1. The number of hydrogen-bond donors (Lipinski definition) is 0. The van der Waals surface area contributed by atoms with Crippen LogP contribution in [0.25, 0.3) is 0 Å². The van der Waals surface area contributed by atoms with Gasteiger partial charge in [-0.1, -0.05) is 15.9 Å². The minimum Gasteiger partial charge on any atom is -0.469 e. The predicted octanol–water partition coefficient (Wildman–Crippen LogP) is 4.17. The number of carbonyl (C=O) groups is 1. The molecule has 0 bridgehead atoms. The van der Waals surface area contributed by atoms with E-state index < -0.39 is 5.51 Å². The fourth-order valence-corrected chi connectivity index (χ4v) is 2.66. The third-order valence-electron chi connectivity index (χ3n) is 2.01. The monoisotopic (exact) mass is 342 g/mol. The van der Waals surface area contributed by atoms with Crippen LogP contribution in [0.15, 0.2) is 27.6 Å². The summed E-state index contributed by atoms with van der Waals surface area (Å²) in [6.07, 6.45) is 0.487. The zero-order chi connectivity index (χ0) is 13.8. The summed E-state index contributed by atoms with van der Waals surface area (Å²) in [6.45, 7) is 0. The molecule has 18 heavy (non-hydrogen) atoms. The van der Waals surface area contributed by atoms with Gasteiger partial charge in [0.1, 0.15) is 0 Å². The molecular formula is C11H10BrF3O2S. The Balaban J connectivity index is 2.77. The Bertz CT molecular complexity index is 435. The lowest BCUT2D eigenvalue weighted by molar-refractivity contribution is -0.140. The van der Waals surface area contributed by atoms with Gasteiger partial charge in [0.25, 0.3) is 0 Å². The van der Waals surface area contributed by atoms with Crippen molar-refractivity contribution in [1.82, 2.24) is 0 Å². The normalized spacial score (nSPS) is 11.4. The molecule has 0 atom stereocenters. The fraction of sp³-hybridized carbons (Fsp3) is 0.364. The fourth-order valence-electron chi connectivity index (χ4n) is 1.31. The summed E-state index contributed by atoms with van der Waals surface area (Å²) in [7, 11) is 1.27. The Morgan fingerprint density at radius 3 is 2.61 bits per heavy atom. The number of halogens is 4. The first kappa shape index (κ1) is 15.4. The van der Waals surface area contributed by atoms with Crippen molar-refractivity contribution in [3.8, 4) is 0 Å². The smallest absolute Gasteiger partial charge is 0.446 e. The first-order valence-electron chi connectivity index (χ1n) is 4.92. The SMILES string of the molecule is COC(=O)CCc1cc(Br)cc(SC(F)(F)F)c1. The molecule has 2 nitrogen and oxygen atoms in total. The number of esters is 1. The van der Waals surface area contributed by atoms with Crippen LogP contribution in [0.5, 0.6) is 0 Å². The van der Waals surface area contributed by atoms with Gasteiger partial charge in [0.2, 0.25) is 0 Å². The molecule has 0 radical (unpaired) electrons. The van der Waals surface area contributed by atoms with Gasteiger partial charge in [-0.3, -0.25) is 4.79 Å². The van der Waals surface area contributed by atoms with E-state index in [4.69, 9.17) is 0 Å². The van der Waals surface area contributed by atoms with Gasteiger partial charge in [-0.25, -0.2) is 0 Å². The topological polar surface area (TPSA) is 26.3 Å². The maximum absolute atomic E-state index is 12.2. The highest BCUT2D eigenvalue weighted by Crippen LogP contribution is 2.38. The van der Waals surface area contributed by atoms with E-state index in [0.717, 1.165) is 0 Å². The molecule has 0 unspecified atom stereocenters. The summed E-state index contributed by atoms with van der Waals surface area (Å²) < 4.78 is 41.8. The van der Waals surface area contributed by atoms with E-state index in [-0.39, 0.29) is 29.0 Å². The van der Waals surface area contributed by atoms with E-state index >= 15 is 0 Å². The summed E-state index contributed by atoms with van der Waals surface area (Å²) >= 11 is 2.97. The molecule has 0 aliphatic carbocycles. The number of hydrogen-bond acceptors (Lipinski definition) is 3. The first-order valence-corrected chi connectivity index (χ1v) is 6.53. The molecule has 0 N–H and O–H groups in total. The second kappa shape index (κ2) is 6.47. The van der Waals surface area contributed by atoms with Crippen LogP contribution in [-0.4, -0.2) is 18.6 Å². The number of thioether (sulfide) groups is 1. The Morgan fingerprint density at radius 2 is 2.06 bits per heavy atom. The lowest BCUT2D eigenvalue weighted by Crippen LogP contribution is -2.02. The van der Waals surface area contributed by atoms with Crippen molar-refractivity contribution >= 4 is 33.7 Å². The Kier molecular flexibility index (Phi) is 5.52. The highest BCUT2D eigenvalue weighted by Gasteiger charge is 2.29. The van der Waals surface area contributed by atoms with Gasteiger partial charge in [-0.05, 0) is 41.9 Å². The van der Waals surface area contributed by atoms with Gasteiger partial charge in [0, 0.05) is 15.8 Å². The van der Waals surface area contributed by atoms with E-state index in [2.05, 4.69) is 20.7 Å². The van der Waals surface area contributed by atoms with Crippen LogP contribution in [0.1, 0.15) is 12.0 Å². The van der Waals surface area contributed by atoms with Crippen molar-refractivity contribution in [3.63, 3.8) is 0 Å². The quantitative estimate of drug-likeness (QED) is 0.606. The number of methoxy groups -OCH3 is 1. The lowest BCUT2D eigenvalue weighted by Gasteiger charge is -2.08.